The summed E-state index contributed by atoms with van der Waals surface area (Å²) in [5.41, 5.74) is 0. The van der Waals surface area contributed by atoms with Gasteiger partial charge in [0.05, 0.1) is 18.4 Å². The Bertz CT molecular complexity index is 487. The third-order valence-electron chi connectivity index (χ3n) is 4.29. The molecule has 0 aromatic heterocycles. The summed E-state index contributed by atoms with van der Waals surface area (Å²) in [6, 6.07) is 0. The summed E-state index contributed by atoms with van der Waals surface area (Å²) in [6.07, 6.45) is 3.11. The molecule has 0 spiro atoms. The van der Waals surface area contributed by atoms with Crippen molar-refractivity contribution < 1.29 is 13.2 Å². The van der Waals surface area contributed by atoms with E-state index in [2.05, 4.69) is 15.2 Å². The Morgan fingerprint density at radius 3 is 2.57 bits per heavy atom. The molecule has 0 aliphatic carbocycles. The molecule has 0 radical (unpaired) electrons. The van der Waals surface area contributed by atoms with E-state index in [1.54, 1.807) is 4.31 Å². The molecule has 2 saturated heterocycles. The number of piperidine rings is 1. The molecule has 134 valence electrons. The zero-order chi connectivity index (χ0) is 16.7. The van der Waals surface area contributed by atoms with Crippen molar-refractivity contribution >= 4 is 16.0 Å². The molecule has 0 aromatic rings. The highest BCUT2D eigenvalue weighted by Gasteiger charge is 2.27. The first-order chi connectivity index (χ1) is 11.1. The van der Waals surface area contributed by atoms with Crippen LogP contribution in [0.2, 0.25) is 0 Å². The van der Waals surface area contributed by atoms with Gasteiger partial charge in [0.2, 0.25) is 10.0 Å². The largest absolute Gasteiger partial charge is 0.378 e. The number of rotatable bonds is 6. The topological polar surface area (TPSA) is 74.2 Å². The van der Waals surface area contributed by atoms with E-state index in [1.807, 2.05) is 13.8 Å². The molecule has 2 fully saturated rings. The van der Waals surface area contributed by atoms with Gasteiger partial charge >= 0.3 is 0 Å². The van der Waals surface area contributed by atoms with E-state index in [0.717, 1.165) is 51.5 Å². The maximum atomic E-state index is 11.8. The van der Waals surface area contributed by atoms with Crippen molar-refractivity contribution in [1.29, 1.82) is 0 Å². The molecule has 7 nitrogen and oxygen atoms in total. The van der Waals surface area contributed by atoms with Gasteiger partial charge in [0.25, 0.3) is 0 Å². The number of hydrogen-bond donors (Lipinski definition) is 1. The second kappa shape index (κ2) is 8.84. The highest BCUT2D eigenvalue weighted by atomic mass is 32.2. The molecule has 0 saturated carbocycles. The lowest BCUT2D eigenvalue weighted by atomic mass is 10.1. The molecule has 0 aromatic carbocycles. The van der Waals surface area contributed by atoms with Gasteiger partial charge in [0.15, 0.2) is 5.96 Å². The molecule has 2 aliphatic heterocycles. The van der Waals surface area contributed by atoms with Crippen molar-refractivity contribution in [2.45, 2.75) is 39.2 Å². The number of ether oxygens (including phenoxy) is 1. The summed E-state index contributed by atoms with van der Waals surface area (Å²) in [4.78, 5) is 6.87. The summed E-state index contributed by atoms with van der Waals surface area (Å²) in [7, 11) is -3.02. The summed E-state index contributed by atoms with van der Waals surface area (Å²) >= 11 is 0. The fourth-order valence-electron chi connectivity index (χ4n) is 3.11. The van der Waals surface area contributed by atoms with Crippen molar-refractivity contribution in [2.24, 2.45) is 4.99 Å². The highest BCUT2D eigenvalue weighted by Crippen LogP contribution is 2.14. The fourth-order valence-corrected chi connectivity index (χ4v) is 4.62. The van der Waals surface area contributed by atoms with Crippen LogP contribution in [0.5, 0.6) is 0 Å². The van der Waals surface area contributed by atoms with E-state index in [1.165, 1.54) is 0 Å². The van der Waals surface area contributed by atoms with Gasteiger partial charge < -0.3 is 15.0 Å². The number of likely N-dealkylation sites (tertiary alicyclic amines) is 1. The van der Waals surface area contributed by atoms with E-state index in [4.69, 9.17) is 4.74 Å². The van der Waals surface area contributed by atoms with Crippen molar-refractivity contribution in [3.8, 4) is 0 Å². The first-order valence-electron chi connectivity index (χ1n) is 8.69. The van der Waals surface area contributed by atoms with Crippen molar-refractivity contribution in [3.05, 3.63) is 0 Å². The predicted molar refractivity (Wildman–Crippen MR) is 92.2 cm³/mol. The van der Waals surface area contributed by atoms with E-state index in [0.29, 0.717) is 25.7 Å². The molecule has 2 rings (SSSR count). The van der Waals surface area contributed by atoms with E-state index in [-0.39, 0.29) is 5.75 Å². The number of sulfonamides is 1. The molecule has 2 heterocycles. The van der Waals surface area contributed by atoms with Gasteiger partial charge in [0, 0.05) is 39.3 Å². The van der Waals surface area contributed by atoms with Crippen LogP contribution in [0.15, 0.2) is 4.99 Å². The monoisotopic (exact) mass is 346 g/mol. The van der Waals surface area contributed by atoms with Gasteiger partial charge in [0.1, 0.15) is 0 Å². The number of nitrogens with zero attached hydrogens (tertiary/aromatic N) is 3. The molecule has 1 N–H and O–H groups in total. The predicted octanol–water partition coefficient (Wildman–Crippen LogP) is 0.488. The summed E-state index contributed by atoms with van der Waals surface area (Å²) < 4.78 is 30.8. The van der Waals surface area contributed by atoms with Crippen LogP contribution in [0.25, 0.3) is 0 Å². The maximum Gasteiger partial charge on any atom is 0.214 e. The molecule has 0 unspecified atom stereocenters. The van der Waals surface area contributed by atoms with Crippen LogP contribution < -0.4 is 5.32 Å². The third-order valence-corrected chi connectivity index (χ3v) is 6.25. The average molecular weight is 346 g/mol. The number of guanidine groups is 1. The lowest BCUT2D eigenvalue weighted by Gasteiger charge is -2.34. The van der Waals surface area contributed by atoms with E-state index < -0.39 is 10.0 Å². The molecule has 2 aliphatic rings. The van der Waals surface area contributed by atoms with Crippen molar-refractivity contribution in [1.82, 2.24) is 14.5 Å². The smallest absolute Gasteiger partial charge is 0.214 e. The quantitative estimate of drug-likeness (QED) is 0.560. The number of hydrogen-bond acceptors (Lipinski definition) is 4. The molecule has 0 bridgehead atoms. The molecule has 0 amide bonds. The van der Waals surface area contributed by atoms with Gasteiger partial charge in [-0.25, -0.2) is 12.7 Å². The lowest BCUT2D eigenvalue weighted by Crippen LogP contribution is -2.47. The molecular weight excluding hydrogens is 316 g/mol. The van der Waals surface area contributed by atoms with Crippen LogP contribution in [-0.2, 0) is 14.8 Å². The van der Waals surface area contributed by atoms with Crippen molar-refractivity contribution in [3.63, 3.8) is 0 Å². The summed E-state index contributed by atoms with van der Waals surface area (Å²) in [6.45, 7) is 9.14. The molecule has 0 atom stereocenters. The Kier molecular flexibility index (Phi) is 7.10. The maximum absolute atomic E-state index is 11.8. The zero-order valence-corrected chi connectivity index (χ0v) is 15.1. The highest BCUT2D eigenvalue weighted by molar-refractivity contribution is 7.89. The van der Waals surface area contributed by atoms with Gasteiger partial charge in [-0.1, -0.05) is 0 Å². The van der Waals surface area contributed by atoms with Crippen LogP contribution in [0, 0.1) is 0 Å². The van der Waals surface area contributed by atoms with Crippen LogP contribution in [0.1, 0.15) is 33.1 Å². The van der Waals surface area contributed by atoms with Gasteiger partial charge in [-0.3, -0.25) is 4.99 Å². The average Bonchev–Trinajstić information content (AvgIpc) is 2.86. The van der Waals surface area contributed by atoms with Crippen LogP contribution >= 0.6 is 0 Å². The normalized spacial score (nSPS) is 23.4. The lowest BCUT2D eigenvalue weighted by molar-refractivity contribution is 0.0264. The van der Waals surface area contributed by atoms with Crippen LogP contribution in [0.4, 0.5) is 0 Å². The second-order valence-electron chi connectivity index (χ2n) is 5.95. The second-order valence-corrected chi connectivity index (χ2v) is 8.03. The minimum Gasteiger partial charge on any atom is -0.378 e. The van der Waals surface area contributed by atoms with E-state index in [9.17, 15) is 8.42 Å². The number of nitrogens with one attached hydrogen (secondary N) is 1. The van der Waals surface area contributed by atoms with Gasteiger partial charge in [-0.2, -0.15) is 0 Å². The van der Waals surface area contributed by atoms with Crippen molar-refractivity contribution in [2.75, 3.05) is 51.6 Å². The van der Waals surface area contributed by atoms with E-state index >= 15 is 0 Å². The Morgan fingerprint density at radius 2 is 2.00 bits per heavy atom. The molecule has 23 heavy (non-hydrogen) atoms. The SMILES string of the molecule is CCNC(=NCCN1CCCS1(=O)=O)N1CCC(OCC)CC1. The Morgan fingerprint density at radius 1 is 1.26 bits per heavy atom. The first-order valence-corrected chi connectivity index (χ1v) is 10.3. The van der Waals surface area contributed by atoms with Crippen LogP contribution in [0.3, 0.4) is 0 Å². The minimum absolute atomic E-state index is 0.279. The summed E-state index contributed by atoms with van der Waals surface area (Å²) in [5.74, 6) is 1.17. The third kappa shape index (κ3) is 5.32. The van der Waals surface area contributed by atoms with Gasteiger partial charge in [-0.15, -0.1) is 0 Å². The minimum atomic E-state index is -3.02. The Labute approximate surface area is 140 Å². The molecular formula is C15H30N4O3S. The Hall–Kier alpha value is -0.860. The first kappa shape index (κ1) is 18.5. The standard InChI is InChI=1S/C15H30N4O3S/c1-3-16-15(18-10-6-14(7-11-18)22-4-2)17-8-12-19-9-5-13-23(19,20)21/h14H,3-13H2,1-2H3,(H,16,17). The zero-order valence-electron chi connectivity index (χ0n) is 14.3. The van der Waals surface area contributed by atoms with Gasteiger partial charge in [-0.05, 0) is 33.1 Å². The molecule has 8 heteroatoms. The van der Waals surface area contributed by atoms with Crippen LogP contribution in [-0.4, -0.2) is 81.3 Å². The Balaban J connectivity index is 1.85. The fraction of sp³-hybridized carbons (Fsp3) is 0.933. The summed E-state index contributed by atoms with van der Waals surface area (Å²) in [5, 5.41) is 3.31. The number of aliphatic imine (C=N–C) groups is 1.